The molecule has 3 heteroatoms. The number of benzene rings is 1. The van der Waals surface area contributed by atoms with Gasteiger partial charge in [-0.1, -0.05) is 6.07 Å². The molecule has 0 aliphatic carbocycles. The van der Waals surface area contributed by atoms with Crippen LogP contribution in [0.15, 0.2) is 22.6 Å². The second-order valence-electron chi connectivity index (χ2n) is 2.94. The summed E-state index contributed by atoms with van der Waals surface area (Å²) in [5.74, 6) is 3.22. The number of aryl methyl sites for hydroxylation is 1. The molecule has 0 aliphatic heterocycles. The summed E-state index contributed by atoms with van der Waals surface area (Å²) in [5, 5.41) is 9.45. The Bertz CT molecular complexity index is 493. The number of aromatic nitrogens is 1. The van der Waals surface area contributed by atoms with Gasteiger partial charge >= 0.3 is 0 Å². The van der Waals surface area contributed by atoms with Gasteiger partial charge in [0.05, 0.1) is 0 Å². The van der Waals surface area contributed by atoms with Gasteiger partial charge in [0.15, 0.2) is 17.0 Å². The molecule has 14 heavy (non-hydrogen) atoms. The zero-order valence-electron chi connectivity index (χ0n) is 7.53. The first-order chi connectivity index (χ1) is 6.81. The summed E-state index contributed by atoms with van der Waals surface area (Å²) in [6.07, 6.45) is 6.32. The van der Waals surface area contributed by atoms with E-state index in [1.165, 1.54) is 0 Å². The number of terminal acetylenes is 1. The number of nitrogens with zero attached hydrogens (tertiary/aromatic N) is 1. The Morgan fingerprint density at radius 2 is 2.36 bits per heavy atom. The second-order valence-corrected chi connectivity index (χ2v) is 2.94. The third-order valence-electron chi connectivity index (χ3n) is 1.93. The number of fused-ring (bicyclic) bond motifs is 1. The maximum absolute atomic E-state index is 9.45. The normalized spacial score (nSPS) is 10.2. The van der Waals surface area contributed by atoms with Gasteiger partial charge in [0, 0.05) is 12.8 Å². The summed E-state index contributed by atoms with van der Waals surface area (Å²) in [5.41, 5.74) is 1.09. The number of hydrogen-bond donors (Lipinski definition) is 1. The summed E-state index contributed by atoms with van der Waals surface area (Å²) >= 11 is 0. The number of phenols is 1. The molecular weight excluding hydrogens is 178 g/mol. The van der Waals surface area contributed by atoms with Crippen LogP contribution in [0.25, 0.3) is 11.1 Å². The Morgan fingerprint density at radius 1 is 1.50 bits per heavy atom. The van der Waals surface area contributed by atoms with Gasteiger partial charge in [0.2, 0.25) is 0 Å². The number of rotatable bonds is 2. The van der Waals surface area contributed by atoms with Gasteiger partial charge in [-0.25, -0.2) is 4.98 Å². The molecule has 0 unspecified atom stereocenters. The van der Waals surface area contributed by atoms with Crippen molar-refractivity contribution in [2.24, 2.45) is 0 Å². The van der Waals surface area contributed by atoms with Crippen molar-refractivity contribution in [2.45, 2.75) is 12.8 Å². The predicted molar refractivity (Wildman–Crippen MR) is 52.8 cm³/mol. The van der Waals surface area contributed by atoms with E-state index in [2.05, 4.69) is 10.9 Å². The average Bonchev–Trinajstić information content (AvgIpc) is 2.59. The van der Waals surface area contributed by atoms with E-state index in [0.29, 0.717) is 29.8 Å². The molecule has 0 bridgehead atoms. The molecule has 1 heterocycles. The van der Waals surface area contributed by atoms with Gasteiger partial charge in [0.25, 0.3) is 0 Å². The number of phenolic OH excluding ortho intramolecular Hbond substituents is 1. The first-order valence-corrected chi connectivity index (χ1v) is 4.32. The molecule has 2 aromatic rings. The molecule has 0 radical (unpaired) electrons. The van der Waals surface area contributed by atoms with Crippen LogP contribution in [0, 0.1) is 12.3 Å². The van der Waals surface area contributed by atoms with Crippen molar-refractivity contribution in [3.8, 4) is 18.1 Å². The molecule has 3 nitrogen and oxygen atoms in total. The summed E-state index contributed by atoms with van der Waals surface area (Å²) in [6.45, 7) is 0. The molecule has 1 aromatic heterocycles. The van der Waals surface area contributed by atoms with E-state index < -0.39 is 0 Å². The molecule has 0 fully saturated rings. The number of hydrogen-bond acceptors (Lipinski definition) is 3. The fraction of sp³-hybridized carbons (Fsp3) is 0.182. The quantitative estimate of drug-likeness (QED) is 0.732. The Hall–Kier alpha value is -1.95. The molecule has 1 N–H and O–H groups in total. The van der Waals surface area contributed by atoms with E-state index >= 15 is 0 Å². The minimum absolute atomic E-state index is 0.137. The van der Waals surface area contributed by atoms with Gasteiger partial charge < -0.3 is 9.52 Å². The third kappa shape index (κ3) is 1.42. The van der Waals surface area contributed by atoms with E-state index in [4.69, 9.17) is 10.8 Å². The Morgan fingerprint density at radius 3 is 3.07 bits per heavy atom. The molecule has 0 spiro atoms. The van der Waals surface area contributed by atoms with Crippen LogP contribution in [0.2, 0.25) is 0 Å². The topological polar surface area (TPSA) is 46.3 Å². The third-order valence-corrected chi connectivity index (χ3v) is 1.93. The van der Waals surface area contributed by atoms with E-state index in [1.54, 1.807) is 18.2 Å². The molecule has 0 atom stereocenters. The monoisotopic (exact) mass is 187 g/mol. The summed E-state index contributed by atoms with van der Waals surface area (Å²) in [4.78, 5) is 4.14. The van der Waals surface area contributed by atoms with Crippen LogP contribution in [-0.4, -0.2) is 10.1 Å². The molecule has 0 saturated carbocycles. The van der Waals surface area contributed by atoms with E-state index in [9.17, 15) is 5.11 Å². The zero-order valence-corrected chi connectivity index (χ0v) is 7.53. The van der Waals surface area contributed by atoms with Crippen molar-refractivity contribution in [2.75, 3.05) is 0 Å². The van der Waals surface area contributed by atoms with Crippen LogP contribution in [0.4, 0.5) is 0 Å². The molecular formula is C11H9NO2. The maximum atomic E-state index is 9.45. The summed E-state index contributed by atoms with van der Waals surface area (Å²) in [6, 6.07) is 5.06. The lowest BCUT2D eigenvalue weighted by Crippen LogP contribution is -1.81. The zero-order chi connectivity index (χ0) is 9.97. The van der Waals surface area contributed by atoms with Crippen LogP contribution in [0.1, 0.15) is 12.3 Å². The summed E-state index contributed by atoms with van der Waals surface area (Å²) in [7, 11) is 0. The summed E-state index contributed by atoms with van der Waals surface area (Å²) < 4.78 is 5.38. The lowest BCUT2D eigenvalue weighted by Gasteiger charge is -1.87. The molecule has 0 saturated heterocycles. The molecule has 0 aliphatic rings. The van der Waals surface area contributed by atoms with E-state index in [0.717, 1.165) is 0 Å². The predicted octanol–water partition coefficient (Wildman–Crippen LogP) is 2.10. The van der Waals surface area contributed by atoms with Gasteiger partial charge in [0.1, 0.15) is 5.75 Å². The Balaban J connectivity index is 2.42. The maximum Gasteiger partial charge on any atom is 0.196 e. The fourth-order valence-corrected chi connectivity index (χ4v) is 1.27. The fourth-order valence-electron chi connectivity index (χ4n) is 1.27. The molecule has 2 rings (SSSR count). The Labute approximate surface area is 81.4 Å². The van der Waals surface area contributed by atoms with Crippen molar-refractivity contribution in [1.29, 1.82) is 0 Å². The largest absolute Gasteiger partial charge is 0.506 e. The lowest BCUT2D eigenvalue weighted by atomic mass is 10.3. The van der Waals surface area contributed by atoms with Crippen LogP contribution in [-0.2, 0) is 6.42 Å². The number of para-hydroxylation sites is 1. The molecule has 0 amide bonds. The number of aromatic hydroxyl groups is 1. The highest BCUT2D eigenvalue weighted by molar-refractivity contribution is 5.79. The lowest BCUT2D eigenvalue weighted by molar-refractivity contribution is 0.480. The van der Waals surface area contributed by atoms with Crippen LogP contribution >= 0.6 is 0 Å². The van der Waals surface area contributed by atoms with Gasteiger partial charge in [-0.2, -0.15) is 0 Å². The van der Waals surface area contributed by atoms with Crippen LogP contribution in [0.3, 0.4) is 0 Å². The van der Waals surface area contributed by atoms with Crippen molar-refractivity contribution in [3.05, 3.63) is 24.1 Å². The highest BCUT2D eigenvalue weighted by Crippen LogP contribution is 2.24. The van der Waals surface area contributed by atoms with Crippen LogP contribution < -0.4 is 0 Å². The van der Waals surface area contributed by atoms with Gasteiger partial charge in [-0.15, -0.1) is 12.3 Å². The highest BCUT2D eigenvalue weighted by atomic mass is 16.3. The van der Waals surface area contributed by atoms with Crippen molar-refractivity contribution < 1.29 is 9.52 Å². The van der Waals surface area contributed by atoms with Crippen LogP contribution in [0.5, 0.6) is 5.75 Å². The van der Waals surface area contributed by atoms with E-state index in [1.807, 2.05) is 0 Å². The second kappa shape index (κ2) is 3.43. The minimum Gasteiger partial charge on any atom is -0.506 e. The number of oxazole rings is 1. The Kier molecular flexibility index (Phi) is 2.11. The minimum atomic E-state index is 0.137. The SMILES string of the molecule is C#CCCc1nc2c(O)cccc2o1. The van der Waals surface area contributed by atoms with Crippen molar-refractivity contribution in [3.63, 3.8) is 0 Å². The first kappa shape index (κ1) is 8.64. The van der Waals surface area contributed by atoms with Crippen molar-refractivity contribution in [1.82, 2.24) is 4.98 Å². The average molecular weight is 187 g/mol. The van der Waals surface area contributed by atoms with E-state index in [-0.39, 0.29) is 5.75 Å². The van der Waals surface area contributed by atoms with Gasteiger partial charge in [-0.05, 0) is 12.1 Å². The first-order valence-electron chi connectivity index (χ1n) is 4.32. The highest BCUT2D eigenvalue weighted by Gasteiger charge is 2.07. The smallest absolute Gasteiger partial charge is 0.196 e. The van der Waals surface area contributed by atoms with Gasteiger partial charge in [-0.3, -0.25) is 0 Å². The van der Waals surface area contributed by atoms with Crippen molar-refractivity contribution >= 4 is 11.1 Å². The molecule has 1 aromatic carbocycles. The molecule has 70 valence electrons. The standard InChI is InChI=1S/C11H9NO2/c1-2-3-7-10-12-11-8(13)5-4-6-9(11)14-10/h1,4-6,13H,3,7H2.